The molecule has 0 aliphatic rings. The summed E-state index contributed by atoms with van der Waals surface area (Å²) < 4.78 is 0. The summed E-state index contributed by atoms with van der Waals surface area (Å²) in [5, 5.41) is 5.39. The van der Waals surface area contributed by atoms with Crippen molar-refractivity contribution in [2.24, 2.45) is 0 Å². The quantitative estimate of drug-likeness (QED) is 0.816. The van der Waals surface area contributed by atoms with Gasteiger partial charge in [0.2, 0.25) is 0 Å². The zero-order valence-electron chi connectivity index (χ0n) is 10.6. The van der Waals surface area contributed by atoms with Crippen molar-refractivity contribution in [3.05, 3.63) is 35.4 Å². The van der Waals surface area contributed by atoms with Gasteiger partial charge in [0.05, 0.1) is 0 Å². The molecule has 2 N–H and O–H groups in total. The number of rotatable bonds is 2. The average Bonchev–Trinajstić information content (AvgIpc) is 2.26. The molecule has 0 saturated carbocycles. The van der Waals surface area contributed by atoms with Crippen molar-refractivity contribution in [3.63, 3.8) is 0 Å². The van der Waals surface area contributed by atoms with Gasteiger partial charge < -0.3 is 10.6 Å². The topological polar surface area (TPSA) is 58.2 Å². The first-order valence-corrected chi connectivity index (χ1v) is 5.48. The van der Waals surface area contributed by atoms with Gasteiger partial charge in [-0.3, -0.25) is 9.59 Å². The van der Waals surface area contributed by atoms with Gasteiger partial charge in [0.15, 0.2) is 0 Å². The molecule has 4 nitrogen and oxygen atoms in total. The number of amides is 2. The molecule has 17 heavy (non-hydrogen) atoms. The van der Waals surface area contributed by atoms with Crippen LogP contribution >= 0.6 is 0 Å². The van der Waals surface area contributed by atoms with E-state index in [0.717, 1.165) is 0 Å². The first kappa shape index (κ1) is 13.2. The largest absolute Gasteiger partial charge is 0.355 e. The van der Waals surface area contributed by atoms with Crippen molar-refractivity contribution in [2.75, 3.05) is 7.05 Å². The van der Waals surface area contributed by atoms with E-state index in [1.165, 1.54) is 0 Å². The van der Waals surface area contributed by atoms with Crippen molar-refractivity contribution < 1.29 is 9.59 Å². The second-order valence-electron chi connectivity index (χ2n) is 4.86. The molecule has 0 atom stereocenters. The van der Waals surface area contributed by atoms with Crippen molar-refractivity contribution in [1.29, 1.82) is 0 Å². The summed E-state index contributed by atoms with van der Waals surface area (Å²) in [7, 11) is 1.57. The summed E-state index contributed by atoms with van der Waals surface area (Å²) in [5.41, 5.74) is 0.823. The van der Waals surface area contributed by atoms with E-state index in [4.69, 9.17) is 0 Å². The number of nitrogens with one attached hydrogen (secondary N) is 2. The summed E-state index contributed by atoms with van der Waals surface area (Å²) in [6, 6.07) is 6.56. The van der Waals surface area contributed by atoms with Crippen LogP contribution in [0.1, 0.15) is 41.5 Å². The minimum atomic E-state index is -0.267. The molecule has 1 aromatic carbocycles. The Hall–Kier alpha value is -1.84. The van der Waals surface area contributed by atoms with Crippen LogP contribution in [0.4, 0.5) is 0 Å². The van der Waals surface area contributed by atoms with Crippen LogP contribution in [0.2, 0.25) is 0 Å². The molecular formula is C13H18N2O2. The minimum absolute atomic E-state index is 0.138. The standard InChI is InChI=1S/C13H18N2O2/c1-13(2,3)15-12(17)10-7-5-9(6-8-10)11(16)14-4/h5-8H,1-4H3,(H,14,16)(H,15,17). The third kappa shape index (κ3) is 3.90. The highest BCUT2D eigenvalue weighted by Crippen LogP contribution is 2.07. The van der Waals surface area contributed by atoms with E-state index < -0.39 is 0 Å². The van der Waals surface area contributed by atoms with Gasteiger partial charge in [-0.05, 0) is 45.0 Å². The lowest BCUT2D eigenvalue weighted by atomic mass is 10.1. The smallest absolute Gasteiger partial charge is 0.251 e. The monoisotopic (exact) mass is 234 g/mol. The third-order valence-electron chi connectivity index (χ3n) is 2.12. The Morgan fingerprint density at radius 3 is 1.71 bits per heavy atom. The fraction of sp³-hybridized carbons (Fsp3) is 0.385. The van der Waals surface area contributed by atoms with Crippen LogP contribution in [0.25, 0.3) is 0 Å². The molecule has 4 heteroatoms. The molecule has 1 aromatic rings. The molecule has 0 aliphatic carbocycles. The van der Waals surface area contributed by atoms with Crippen molar-refractivity contribution >= 4 is 11.8 Å². The summed E-state index contributed by atoms with van der Waals surface area (Å²) in [4.78, 5) is 23.1. The summed E-state index contributed by atoms with van der Waals surface area (Å²) in [5.74, 6) is -0.297. The summed E-state index contributed by atoms with van der Waals surface area (Å²) in [6.07, 6.45) is 0. The predicted molar refractivity (Wildman–Crippen MR) is 67.1 cm³/mol. The van der Waals surface area contributed by atoms with Crippen LogP contribution in [0, 0.1) is 0 Å². The maximum atomic E-state index is 11.8. The van der Waals surface area contributed by atoms with E-state index in [-0.39, 0.29) is 17.4 Å². The van der Waals surface area contributed by atoms with Crippen LogP contribution < -0.4 is 10.6 Å². The fourth-order valence-corrected chi connectivity index (χ4v) is 1.33. The van der Waals surface area contributed by atoms with Gasteiger partial charge in [-0.25, -0.2) is 0 Å². The van der Waals surface area contributed by atoms with E-state index in [0.29, 0.717) is 11.1 Å². The highest BCUT2D eigenvalue weighted by molar-refractivity contribution is 5.97. The SMILES string of the molecule is CNC(=O)c1ccc(C(=O)NC(C)(C)C)cc1. The van der Waals surface area contributed by atoms with Crippen molar-refractivity contribution in [2.45, 2.75) is 26.3 Å². The Balaban J connectivity index is 2.81. The normalized spacial score (nSPS) is 10.8. The van der Waals surface area contributed by atoms with Crippen LogP contribution in [-0.2, 0) is 0 Å². The average molecular weight is 234 g/mol. The van der Waals surface area contributed by atoms with Gasteiger partial charge in [-0.15, -0.1) is 0 Å². The zero-order valence-corrected chi connectivity index (χ0v) is 10.6. The molecule has 0 aliphatic heterocycles. The Bertz CT molecular complexity index is 416. The number of hydrogen-bond donors (Lipinski definition) is 2. The van der Waals surface area contributed by atoms with Gasteiger partial charge in [-0.2, -0.15) is 0 Å². The molecular weight excluding hydrogens is 216 g/mol. The number of benzene rings is 1. The van der Waals surface area contributed by atoms with Crippen LogP contribution in [-0.4, -0.2) is 24.4 Å². The van der Waals surface area contributed by atoms with Crippen LogP contribution in [0.5, 0.6) is 0 Å². The lowest BCUT2D eigenvalue weighted by molar-refractivity contribution is 0.0916. The van der Waals surface area contributed by atoms with Gasteiger partial charge in [0, 0.05) is 23.7 Å². The highest BCUT2D eigenvalue weighted by atomic mass is 16.2. The Morgan fingerprint density at radius 2 is 1.35 bits per heavy atom. The predicted octanol–water partition coefficient (Wildman–Crippen LogP) is 1.57. The number of carbonyl (C=O) groups excluding carboxylic acids is 2. The Kier molecular flexibility index (Phi) is 3.89. The Labute approximate surface area is 101 Å². The van der Waals surface area contributed by atoms with E-state index in [1.54, 1.807) is 31.3 Å². The molecule has 0 bridgehead atoms. The maximum absolute atomic E-state index is 11.8. The summed E-state index contributed by atoms with van der Waals surface area (Å²) in [6.45, 7) is 5.76. The van der Waals surface area contributed by atoms with Crippen LogP contribution in [0.15, 0.2) is 24.3 Å². The van der Waals surface area contributed by atoms with Gasteiger partial charge in [0.1, 0.15) is 0 Å². The molecule has 0 spiro atoms. The molecule has 0 unspecified atom stereocenters. The molecule has 0 heterocycles. The zero-order chi connectivity index (χ0) is 13.1. The van der Waals surface area contributed by atoms with Gasteiger partial charge in [0.25, 0.3) is 11.8 Å². The molecule has 0 saturated heterocycles. The van der Waals surface area contributed by atoms with E-state index in [1.807, 2.05) is 20.8 Å². The first-order valence-electron chi connectivity index (χ1n) is 5.48. The van der Waals surface area contributed by atoms with E-state index in [9.17, 15) is 9.59 Å². The lowest BCUT2D eigenvalue weighted by Gasteiger charge is -2.20. The molecule has 0 aromatic heterocycles. The second-order valence-corrected chi connectivity index (χ2v) is 4.86. The molecule has 0 radical (unpaired) electrons. The second kappa shape index (κ2) is 4.99. The highest BCUT2D eigenvalue weighted by Gasteiger charge is 2.15. The van der Waals surface area contributed by atoms with E-state index >= 15 is 0 Å². The first-order chi connectivity index (χ1) is 7.83. The number of carbonyl (C=O) groups is 2. The molecule has 92 valence electrons. The van der Waals surface area contributed by atoms with Gasteiger partial charge >= 0.3 is 0 Å². The summed E-state index contributed by atoms with van der Waals surface area (Å²) >= 11 is 0. The van der Waals surface area contributed by atoms with Crippen LogP contribution in [0.3, 0.4) is 0 Å². The Morgan fingerprint density at radius 1 is 0.941 bits per heavy atom. The molecule has 1 rings (SSSR count). The third-order valence-corrected chi connectivity index (χ3v) is 2.12. The lowest BCUT2D eigenvalue weighted by Crippen LogP contribution is -2.40. The molecule has 2 amide bonds. The van der Waals surface area contributed by atoms with E-state index in [2.05, 4.69) is 10.6 Å². The van der Waals surface area contributed by atoms with Gasteiger partial charge in [-0.1, -0.05) is 0 Å². The van der Waals surface area contributed by atoms with Crippen molar-refractivity contribution in [3.8, 4) is 0 Å². The molecule has 0 fully saturated rings. The fourth-order valence-electron chi connectivity index (χ4n) is 1.33. The van der Waals surface area contributed by atoms with Crippen molar-refractivity contribution in [1.82, 2.24) is 10.6 Å². The maximum Gasteiger partial charge on any atom is 0.251 e. The number of hydrogen-bond acceptors (Lipinski definition) is 2. The minimum Gasteiger partial charge on any atom is -0.355 e.